The molecule has 1 amide bonds. The molecule has 0 radical (unpaired) electrons. The molecular weight excluding hydrogens is 318 g/mol. The van der Waals surface area contributed by atoms with Crippen molar-refractivity contribution in [3.63, 3.8) is 0 Å². The molecule has 3 rings (SSSR count). The molecule has 0 bridgehead atoms. The topological polar surface area (TPSA) is 106 Å². The summed E-state index contributed by atoms with van der Waals surface area (Å²) in [6.45, 7) is 0. The molecule has 0 unspecified atom stereocenters. The van der Waals surface area contributed by atoms with Gasteiger partial charge in [0.1, 0.15) is 5.69 Å². The van der Waals surface area contributed by atoms with E-state index < -0.39 is 6.04 Å². The predicted molar refractivity (Wildman–Crippen MR) is 95.1 cm³/mol. The number of hydrogen-bond donors (Lipinski definition) is 3. The minimum Gasteiger partial charge on any atom is -0.480 e. The zero-order valence-electron chi connectivity index (χ0n) is 13.8. The monoisotopic (exact) mass is 337 g/mol. The lowest BCUT2D eigenvalue weighted by Crippen LogP contribution is -2.37. The highest BCUT2D eigenvalue weighted by Crippen LogP contribution is 2.27. The Morgan fingerprint density at radius 2 is 2.08 bits per heavy atom. The molecule has 0 saturated carbocycles. The normalized spacial score (nSPS) is 11.8. The maximum atomic E-state index is 12.4. The Balaban J connectivity index is 1.76. The number of nitrogens with zero attached hydrogens (tertiary/aromatic N) is 2. The SMILES string of the molecule is COc1ncc(-c2cn[nH]c2)cc1NC(=O)[C@@H](N)Cc1ccccc1. The smallest absolute Gasteiger partial charge is 0.241 e. The Morgan fingerprint density at radius 3 is 2.76 bits per heavy atom. The van der Waals surface area contributed by atoms with Gasteiger partial charge < -0.3 is 15.8 Å². The van der Waals surface area contributed by atoms with Crippen LogP contribution in [0.1, 0.15) is 5.56 Å². The van der Waals surface area contributed by atoms with Crippen LogP contribution in [0.25, 0.3) is 11.1 Å². The second-order valence-corrected chi connectivity index (χ2v) is 5.55. The largest absolute Gasteiger partial charge is 0.480 e. The lowest BCUT2D eigenvalue weighted by molar-refractivity contribution is -0.117. The quantitative estimate of drug-likeness (QED) is 0.638. The number of benzene rings is 1. The first-order chi connectivity index (χ1) is 12.2. The fourth-order valence-electron chi connectivity index (χ4n) is 2.46. The number of nitrogens with two attached hydrogens (primary N) is 1. The average Bonchev–Trinajstić information content (AvgIpc) is 3.17. The van der Waals surface area contributed by atoms with Crippen LogP contribution in [-0.2, 0) is 11.2 Å². The molecular formula is C18H19N5O2. The molecule has 7 heteroatoms. The van der Waals surface area contributed by atoms with E-state index in [0.29, 0.717) is 18.0 Å². The molecule has 0 aliphatic rings. The molecule has 0 aliphatic heterocycles. The van der Waals surface area contributed by atoms with Crippen LogP contribution in [0, 0.1) is 0 Å². The van der Waals surface area contributed by atoms with Crippen LogP contribution < -0.4 is 15.8 Å². The predicted octanol–water partition coefficient (Wildman–Crippen LogP) is 1.99. The van der Waals surface area contributed by atoms with Gasteiger partial charge in [0, 0.05) is 23.5 Å². The third kappa shape index (κ3) is 4.02. The van der Waals surface area contributed by atoms with Gasteiger partial charge in [-0.2, -0.15) is 5.10 Å². The summed E-state index contributed by atoms with van der Waals surface area (Å²) in [5.74, 6) is 0.0285. The number of H-pyrrole nitrogens is 1. The molecule has 0 fully saturated rings. The van der Waals surface area contributed by atoms with Gasteiger partial charge in [-0.1, -0.05) is 30.3 Å². The standard InChI is InChI=1S/C18H19N5O2/c1-25-18-16(8-13(9-20-18)14-10-21-22-11-14)23-17(24)15(19)7-12-5-3-2-4-6-12/h2-6,8-11,15H,7,19H2,1H3,(H,21,22)(H,23,24)/t15-/m0/s1. The van der Waals surface area contributed by atoms with Gasteiger partial charge in [0.25, 0.3) is 0 Å². The molecule has 4 N–H and O–H groups in total. The van der Waals surface area contributed by atoms with E-state index >= 15 is 0 Å². The van der Waals surface area contributed by atoms with Crippen LogP contribution in [0.5, 0.6) is 5.88 Å². The highest BCUT2D eigenvalue weighted by atomic mass is 16.5. The van der Waals surface area contributed by atoms with Crippen LogP contribution in [0.15, 0.2) is 55.0 Å². The fourth-order valence-corrected chi connectivity index (χ4v) is 2.46. The summed E-state index contributed by atoms with van der Waals surface area (Å²) in [4.78, 5) is 16.7. The number of anilines is 1. The summed E-state index contributed by atoms with van der Waals surface area (Å²) in [5.41, 5.74) is 9.17. The summed E-state index contributed by atoms with van der Waals surface area (Å²) in [7, 11) is 1.50. The van der Waals surface area contributed by atoms with Crippen molar-refractivity contribution >= 4 is 11.6 Å². The molecule has 128 valence electrons. The molecule has 2 heterocycles. The molecule has 2 aromatic heterocycles. The number of hydrogen-bond acceptors (Lipinski definition) is 5. The molecule has 1 atom stereocenters. The van der Waals surface area contributed by atoms with Gasteiger partial charge in [-0.15, -0.1) is 0 Å². The maximum absolute atomic E-state index is 12.4. The first-order valence-corrected chi connectivity index (χ1v) is 7.81. The third-order valence-electron chi connectivity index (χ3n) is 3.77. The summed E-state index contributed by atoms with van der Waals surface area (Å²) in [6, 6.07) is 10.7. The van der Waals surface area contributed by atoms with E-state index in [-0.39, 0.29) is 5.91 Å². The summed E-state index contributed by atoms with van der Waals surface area (Å²) >= 11 is 0. The zero-order chi connectivity index (χ0) is 17.6. The van der Waals surface area contributed by atoms with Crippen molar-refractivity contribution in [2.75, 3.05) is 12.4 Å². The minimum atomic E-state index is -0.676. The van der Waals surface area contributed by atoms with Crippen LogP contribution in [0.3, 0.4) is 0 Å². The van der Waals surface area contributed by atoms with E-state index in [0.717, 1.165) is 16.7 Å². The lowest BCUT2D eigenvalue weighted by atomic mass is 10.1. The number of pyridine rings is 1. The maximum Gasteiger partial charge on any atom is 0.241 e. The van der Waals surface area contributed by atoms with Gasteiger partial charge >= 0.3 is 0 Å². The number of ether oxygens (including phenoxy) is 1. The fraction of sp³-hybridized carbons (Fsp3) is 0.167. The molecule has 0 aliphatic carbocycles. The molecule has 7 nitrogen and oxygen atoms in total. The van der Waals surface area contributed by atoms with Crippen molar-refractivity contribution in [3.8, 4) is 17.0 Å². The van der Waals surface area contributed by atoms with Gasteiger partial charge in [0.05, 0.1) is 19.3 Å². The molecule has 0 saturated heterocycles. The first-order valence-electron chi connectivity index (χ1n) is 7.81. The number of rotatable bonds is 6. The summed E-state index contributed by atoms with van der Waals surface area (Å²) in [6.07, 6.45) is 5.53. The van der Waals surface area contributed by atoms with Gasteiger partial charge in [0.15, 0.2) is 0 Å². The lowest BCUT2D eigenvalue weighted by Gasteiger charge is -2.14. The Kier molecular flexibility index (Phi) is 5.06. The minimum absolute atomic E-state index is 0.298. The number of aromatic amines is 1. The van der Waals surface area contributed by atoms with E-state index in [9.17, 15) is 4.79 Å². The van der Waals surface area contributed by atoms with Crippen LogP contribution in [0.2, 0.25) is 0 Å². The second-order valence-electron chi connectivity index (χ2n) is 5.55. The van der Waals surface area contributed by atoms with Crippen molar-refractivity contribution < 1.29 is 9.53 Å². The van der Waals surface area contributed by atoms with Crippen LogP contribution in [0.4, 0.5) is 5.69 Å². The van der Waals surface area contributed by atoms with E-state index in [2.05, 4.69) is 20.5 Å². The van der Waals surface area contributed by atoms with Crippen LogP contribution in [-0.4, -0.2) is 34.2 Å². The molecule has 25 heavy (non-hydrogen) atoms. The number of amides is 1. The Bertz CT molecular complexity index is 834. The third-order valence-corrected chi connectivity index (χ3v) is 3.77. The van der Waals surface area contributed by atoms with Crippen molar-refractivity contribution in [3.05, 3.63) is 60.6 Å². The van der Waals surface area contributed by atoms with Gasteiger partial charge in [0.2, 0.25) is 11.8 Å². The van der Waals surface area contributed by atoms with Crippen molar-refractivity contribution in [1.82, 2.24) is 15.2 Å². The number of aromatic nitrogens is 3. The summed E-state index contributed by atoms with van der Waals surface area (Å²) < 4.78 is 5.23. The Labute approximate surface area is 145 Å². The average molecular weight is 337 g/mol. The second kappa shape index (κ2) is 7.59. The highest BCUT2D eigenvalue weighted by molar-refractivity contribution is 5.96. The van der Waals surface area contributed by atoms with Crippen LogP contribution >= 0.6 is 0 Å². The van der Waals surface area contributed by atoms with Gasteiger partial charge in [-0.25, -0.2) is 4.98 Å². The van der Waals surface area contributed by atoms with Gasteiger partial charge in [-0.05, 0) is 18.1 Å². The number of methoxy groups -OCH3 is 1. The van der Waals surface area contributed by atoms with E-state index in [4.69, 9.17) is 10.5 Å². The van der Waals surface area contributed by atoms with Gasteiger partial charge in [-0.3, -0.25) is 9.89 Å². The number of carbonyl (C=O) groups is 1. The van der Waals surface area contributed by atoms with E-state index in [1.165, 1.54) is 7.11 Å². The Hall–Kier alpha value is -3.19. The van der Waals surface area contributed by atoms with Crippen molar-refractivity contribution in [2.45, 2.75) is 12.5 Å². The zero-order valence-corrected chi connectivity index (χ0v) is 13.8. The number of nitrogens with one attached hydrogen (secondary N) is 2. The van der Waals surface area contributed by atoms with E-state index in [1.54, 1.807) is 24.7 Å². The number of carbonyl (C=O) groups excluding carboxylic acids is 1. The van der Waals surface area contributed by atoms with E-state index in [1.807, 2.05) is 30.3 Å². The molecule has 3 aromatic rings. The molecule has 0 spiro atoms. The summed E-state index contributed by atoms with van der Waals surface area (Å²) in [5, 5.41) is 9.46. The van der Waals surface area contributed by atoms with Crippen molar-refractivity contribution in [1.29, 1.82) is 0 Å². The van der Waals surface area contributed by atoms with Crippen molar-refractivity contribution in [2.24, 2.45) is 5.73 Å². The highest BCUT2D eigenvalue weighted by Gasteiger charge is 2.17. The molecule has 1 aromatic carbocycles. The Morgan fingerprint density at radius 1 is 1.28 bits per heavy atom. The first kappa shape index (κ1) is 16.7.